The van der Waals surface area contributed by atoms with Crippen LogP contribution in [-0.4, -0.2) is 276 Å². The van der Waals surface area contributed by atoms with Crippen LogP contribution in [0.15, 0.2) is 12.2 Å². The maximum absolute atomic E-state index is 15.4. The first-order chi connectivity index (χ1) is 44.7. The lowest BCUT2D eigenvalue weighted by Crippen LogP contribution is -2.64. The lowest BCUT2D eigenvalue weighted by atomic mass is 9.91. The van der Waals surface area contributed by atoms with Crippen LogP contribution < -0.4 is 21.3 Å². The highest BCUT2D eigenvalue weighted by molar-refractivity contribution is 7.99. The van der Waals surface area contributed by atoms with E-state index in [4.69, 9.17) is 4.74 Å². The Balaban J connectivity index is 3.08. The summed E-state index contributed by atoms with van der Waals surface area (Å²) >= 11 is 1.46. The molecule has 2 aliphatic heterocycles. The molecule has 0 spiro atoms. The lowest BCUT2D eigenvalue weighted by Gasteiger charge is -2.41. The van der Waals surface area contributed by atoms with Crippen molar-refractivity contribution in [1.82, 2.24) is 60.5 Å². The van der Waals surface area contributed by atoms with Crippen LogP contribution in [0.25, 0.3) is 0 Å². The first kappa shape index (κ1) is 86.2. The maximum Gasteiger partial charge on any atom is 0.246 e. The highest BCUT2D eigenvalue weighted by Gasteiger charge is 2.46. The number of carbonyl (C=O) groups is 11. The Morgan fingerprint density at radius 3 is 1.40 bits per heavy atom. The molecule has 96 heavy (non-hydrogen) atoms. The smallest absolute Gasteiger partial charge is 0.246 e. The number of aliphatic hydroxyl groups is 1. The van der Waals surface area contributed by atoms with Gasteiger partial charge in [0, 0.05) is 68.2 Å². The van der Waals surface area contributed by atoms with Crippen molar-refractivity contribution in [3.05, 3.63) is 12.2 Å². The maximum atomic E-state index is 15.4. The molecule has 2 rings (SSSR count). The number of morpholine rings is 1. The fourth-order valence-corrected chi connectivity index (χ4v) is 13.5. The molecule has 0 aromatic carbocycles. The Hall–Kier alpha value is -5.86. The van der Waals surface area contributed by atoms with Gasteiger partial charge in [-0.05, 0) is 119 Å². The SMILES string of the molecule is C/C=C/C[C@@H](C)[C@@H](O)C1C(=O)N[C@@H](CC)C(=O)N(C)C(CSCCCN2CCOCC2)C(=O)N(C)[C@@H](CC(C)C)C(=O)N[C@@H](C(C)C)C(=O)N(C)[C@@H](CC(C)C)C(=O)N[C@@H](C)C(=O)N[C@H](C)C(=O)N(C)[C@@H](CC(C)C)C(=O)N(C)[C@@H](CC(C)C)C(=O)N(C)[C@@H](C(C)C)C(=O)N1C. The van der Waals surface area contributed by atoms with Gasteiger partial charge in [-0.3, -0.25) is 57.6 Å². The molecule has 0 radical (unpaired) electrons. The topological polar surface area (TPSA) is 291 Å². The van der Waals surface area contributed by atoms with Crippen molar-refractivity contribution in [3.63, 3.8) is 0 Å². The lowest BCUT2D eigenvalue weighted by molar-refractivity contribution is -0.157. The van der Waals surface area contributed by atoms with Crippen molar-refractivity contribution >= 4 is 76.7 Å². The first-order valence-corrected chi connectivity index (χ1v) is 36.1. The number of carbonyl (C=O) groups excluding carboxylic acids is 11. The van der Waals surface area contributed by atoms with Gasteiger partial charge in [-0.15, -0.1) is 0 Å². The van der Waals surface area contributed by atoms with E-state index in [9.17, 15) is 29.1 Å². The van der Waals surface area contributed by atoms with E-state index in [1.54, 1.807) is 47.6 Å². The number of likely N-dealkylation sites (N-methyl/N-ethyl adjacent to an activating group) is 7. The molecular weight excluding hydrogens is 1250 g/mol. The number of aliphatic hydroxyl groups excluding tert-OH is 1. The van der Waals surface area contributed by atoms with Gasteiger partial charge < -0.3 is 65.4 Å². The van der Waals surface area contributed by atoms with Gasteiger partial charge in [-0.25, -0.2) is 0 Å². The van der Waals surface area contributed by atoms with Crippen LogP contribution in [0.2, 0.25) is 0 Å². The summed E-state index contributed by atoms with van der Waals surface area (Å²) in [6.45, 7) is 33.7. The summed E-state index contributed by atoms with van der Waals surface area (Å²) in [4.78, 5) is 176. The first-order valence-electron chi connectivity index (χ1n) is 35.0. The van der Waals surface area contributed by atoms with Crippen LogP contribution >= 0.6 is 11.8 Å². The quantitative estimate of drug-likeness (QED) is 0.0799. The van der Waals surface area contributed by atoms with Gasteiger partial charge in [0.1, 0.15) is 66.5 Å². The second kappa shape index (κ2) is 40.9. The molecule has 0 aromatic rings. The summed E-state index contributed by atoms with van der Waals surface area (Å²) in [7, 11) is 10.1. The van der Waals surface area contributed by atoms with Crippen LogP contribution in [0.4, 0.5) is 0 Å². The Morgan fingerprint density at radius 2 is 0.917 bits per heavy atom. The Kier molecular flexibility index (Phi) is 36.7. The number of hydrogen-bond acceptors (Lipinski definition) is 15. The van der Waals surface area contributed by atoms with Crippen molar-refractivity contribution in [1.29, 1.82) is 0 Å². The third-order valence-electron chi connectivity index (χ3n) is 18.5. The molecule has 2 fully saturated rings. The summed E-state index contributed by atoms with van der Waals surface area (Å²) in [5.41, 5.74) is 0. The van der Waals surface area contributed by atoms with Gasteiger partial charge in [0.2, 0.25) is 65.0 Å². The monoisotopic (exact) mass is 1370 g/mol. The van der Waals surface area contributed by atoms with E-state index in [1.807, 2.05) is 68.4 Å². The minimum absolute atomic E-state index is 0.00840. The van der Waals surface area contributed by atoms with Crippen LogP contribution in [-0.2, 0) is 57.5 Å². The number of nitrogens with zero attached hydrogens (tertiary/aromatic N) is 8. The summed E-state index contributed by atoms with van der Waals surface area (Å²) < 4.78 is 5.54. The van der Waals surface area contributed by atoms with E-state index in [0.29, 0.717) is 25.4 Å². The highest BCUT2D eigenvalue weighted by Crippen LogP contribution is 2.27. The number of rotatable bonds is 21. The predicted molar refractivity (Wildman–Crippen MR) is 377 cm³/mol. The summed E-state index contributed by atoms with van der Waals surface area (Å²) in [6, 6.07) is -13.7. The zero-order valence-corrected chi connectivity index (χ0v) is 63.7. The number of nitrogens with one attached hydrogen (secondary N) is 4. The predicted octanol–water partition coefficient (Wildman–Crippen LogP) is 4.09. The molecule has 26 heteroatoms. The fraction of sp³-hybridized carbons (Fsp3) is 0.814. The third kappa shape index (κ3) is 24.8. The highest BCUT2D eigenvalue weighted by atomic mass is 32.2. The Morgan fingerprint density at radius 1 is 0.490 bits per heavy atom. The number of ether oxygens (including phenoxy) is 1. The third-order valence-corrected chi connectivity index (χ3v) is 19.7. The summed E-state index contributed by atoms with van der Waals surface area (Å²) in [5.74, 6) is -9.04. The van der Waals surface area contributed by atoms with Crippen LogP contribution in [0.3, 0.4) is 0 Å². The van der Waals surface area contributed by atoms with Crippen molar-refractivity contribution in [2.45, 2.75) is 235 Å². The van der Waals surface area contributed by atoms with Crippen LogP contribution in [0.1, 0.15) is 163 Å². The Labute approximate surface area is 579 Å². The van der Waals surface area contributed by atoms with Gasteiger partial charge in [-0.1, -0.05) is 109 Å². The molecule has 5 N–H and O–H groups in total. The number of hydrogen-bond donors (Lipinski definition) is 5. The van der Waals surface area contributed by atoms with Crippen molar-refractivity contribution in [2.24, 2.45) is 41.4 Å². The molecule has 550 valence electrons. The number of thioether (sulfide) groups is 1. The van der Waals surface area contributed by atoms with Gasteiger partial charge in [0.05, 0.1) is 19.3 Å². The molecule has 2 heterocycles. The zero-order valence-electron chi connectivity index (χ0n) is 62.9. The molecular formula is C70H126N12O13S. The molecule has 0 saturated carbocycles. The largest absolute Gasteiger partial charge is 0.390 e. The minimum atomic E-state index is -1.64. The molecule has 0 aliphatic carbocycles. The molecule has 0 bridgehead atoms. The molecule has 13 atom stereocenters. The normalized spacial score (nSPS) is 27.1. The standard InChI is InChI=1S/C70H126N12O13S/c1-25-27-29-47(15)59(83)58-63(87)73-50(26-2)65(89)79(22)55(40-96-35-28-30-82-31-33-95-34-32-82)68(92)75(18)52(37-42(5)6)62(86)74-56(45(11)12)69(93)76(19)51(36-41(3)4)61(85)71-48(16)60(84)72-49(17)64(88)77(20)53(38-43(7)8)66(90)78(21)54(39-44(9)10)67(91)80(23)57(46(13)14)70(94)81(58)24/h25,27,41-59,83H,26,28-40H2,1-24H3,(H,71,85)(H,72,84)(H,73,87)(H,74,86)/b27-25+/t47-,48+,49-,50+,51+,52+,53+,54+,55?,56+,57+,58?,59-/m1/s1. The molecule has 25 nitrogen and oxygen atoms in total. The number of allylic oxidation sites excluding steroid dienone is 2. The minimum Gasteiger partial charge on any atom is -0.390 e. The molecule has 2 aliphatic rings. The average Bonchev–Trinajstić information content (AvgIpc) is 0.813. The van der Waals surface area contributed by atoms with Gasteiger partial charge in [-0.2, -0.15) is 11.8 Å². The van der Waals surface area contributed by atoms with Crippen molar-refractivity contribution in [3.8, 4) is 0 Å². The van der Waals surface area contributed by atoms with E-state index in [-0.39, 0.29) is 61.5 Å². The van der Waals surface area contributed by atoms with Gasteiger partial charge in [0.25, 0.3) is 0 Å². The average molecular weight is 1380 g/mol. The van der Waals surface area contributed by atoms with E-state index in [2.05, 4.69) is 26.2 Å². The van der Waals surface area contributed by atoms with Crippen LogP contribution in [0, 0.1) is 41.4 Å². The molecule has 0 aromatic heterocycles. The number of amides is 11. The van der Waals surface area contributed by atoms with Crippen molar-refractivity contribution in [2.75, 3.05) is 93.7 Å². The van der Waals surface area contributed by atoms with Gasteiger partial charge in [0.15, 0.2) is 0 Å². The summed E-state index contributed by atoms with van der Waals surface area (Å²) in [6.07, 6.45) is 3.75. The molecule has 2 unspecified atom stereocenters. The second-order valence-corrected chi connectivity index (χ2v) is 30.3. The fourth-order valence-electron chi connectivity index (χ4n) is 12.4. The second-order valence-electron chi connectivity index (χ2n) is 29.2. The van der Waals surface area contributed by atoms with E-state index < -0.39 is 155 Å². The zero-order chi connectivity index (χ0) is 73.5. The van der Waals surface area contributed by atoms with E-state index in [1.165, 1.54) is 104 Å². The molecule has 11 amide bonds. The van der Waals surface area contributed by atoms with E-state index in [0.717, 1.165) is 31.0 Å². The summed E-state index contributed by atoms with van der Waals surface area (Å²) in [5, 5.41) is 23.6. The van der Waals surface area contributed by atoms with E-state index >= 15 is 28.8 Å². The van der Waals surface area contributed by atoms with Gasteiger partial charge >= 0.3 is 0 Å². The molecule has 2 saturated heterocycles. The van der Waals surface area contributed by atoms with Crippen molar-refractivity contribution < 1.29 is 62.6 Å². The Bertz CT molecular complexity index is 2600. The van der Waals surface area contributed by atoms with Crippen LogP contribution in [0.5, 0.6) is 0 Å².